The van der Waals surface area contributed by atoms with Crippen LogP contribution in [0.4, 0.5) is 13.2 Å². The standard InChI is InChI=1S/C14H19F3N2/c1-10(11-5-3-2-4-6-11)19-8-7-12(18)9-13(19)14(15,16)17/h2-6,10,12-13H,7-9,18H2,1H3. The van der Waals surface area contributed by atoms with E-state index in [1.165, 1.54) is 4.90 Å². The highest BCUT2D eigenvalue weighted by Gasteiger charge is 2.47. The number of alkyl halides is 3. The van der Waals surface area contributed by atoms with Gasteiger partial charge in [0.1, 0.15) is 6.04 Å². The number of nitrogens with two attached hydrogens (primary N) is 1. The van der Waals surface area contributed by atoms with E-state index in [1.54, 1.807) is 0 Å². The lowest BCUT2D eigenvalue weighted by molar-refractivity contribution is -0.198. The molecule has 0 radical (unpaired) electrons. The van der Waals surface area contributed by atoms with Crippen LogP contribution in [0, 0.1) is 0 Å². The summed E-state index contributed by atoms with van der Waals surface area (Å²) >= 11 is 0. The normalized spacial score (nSPS) is 27.2. The Bertz CT molecular complexity index is 405. The Morgan fingerprint density at radius 1 is 1.26 bits per heavy atom. The van der Waals surface area contributed by atoms with Crippen molar-refractivity contribution in [3.63, 3.8) is 0 Å². The molecule has 3 unspecified atom stereocenters. The van der Waals surface area contributed by atoms with Gasteiger partial charge in [-0.1, -0.05) is 30.3 Å². The van der Waals surface area contributed by atoms with Gasteiger partial charge >= 0.3 is 6.18 Å². The minimum Gasteiger partial charge on any atom is -0.328 e. The molecular formula is C14H19F3N2. The Morgan fingerprint density at radius 2 is 1.89 bits per heavy atom. The first kappa shape index (κ1) is 14.3. The van der Waals surface area contributed by atoms with Crippen LogP contribution in [0.3, 0.4) is 0 Å². The van der Waals surface area contributed by atoms with Gasteiger partial charge in [0.25, 0.3) is 0 Å². The van der Waals surface area contributed by atoms with E-state index in [-0.39, 0.29) is 18.5 Å². The van der Waals surface area contributed by atoms with Crippen LogP contribution < -0.4 is 5.73 Å². The fourth-order valence-corrected chi connectivity index (χ4v) is 2.72. The van der Waals surface area contributed by atoms with Gasteiger partial charge in [0, 0.05) is 18.6 Å². The highest BCUT2D eigenvalue weighted by Crippen LogP contribution is 2.36. The zero-order chi connectivity index (χ0) is 14.0. The van der Waals surface area contributed by atoms with Crippen LogP contribution in [0.1, 0.15) is 31.4 Å². The number of hydrogen-bond acceptors (Lipinski definition) is 2. The number of nitrogens with zero attached hydrogens (tertiary/aromatic N) is 1. The summed E-state index contributed by atoms with van der Waals surface area (Å²) in [4.78, 5) is 1.53. The van der Waals surface area contributed by atoms with E-state index in [2.05, 4.69) is 0 Å². The van der Waals surface area contributed by atoms with Crippen molar-refractivity contribution < 1.29 is 13.2 Å². The van der Waals surface area contributed by atoms with Crippen molar-refractivity contribution in [2.75, 3.05) is 6.54 Å². The third-order valence-corrected chi connectivity index (χ3v) is 3.84. The van der Waals surface area contributed by atoms with Gasteiger partial charge in [-0.3, -0.25) is 4.90 Å². The molecule has 2 nitrogen and oxygen atoms in total. The van der Waals surface area contributed by atoms with Crippen LogP contribution in [0.5, 0.6) is 0 Å². The Hall–Kier alpha value is -1.07. The van der Waals surface area contributed by atoms with Crippen molar-refractivity contribution in [1.29, 1.82) is 0 Å². The van der Waals surface area contributed by atoms with Gasteiger partial charge in [0.2, 0.25) is 0 Å². The summed E-state index contributed by atoms with van der Waals surface area (Å²) in [7, 11) is 0. The molecule has 2 rings (SSSR count). The lowest BCUT2D eigenvalue weighted by Gasteiger charge is -2.42. The maximum absolute atomic E-state index is 13.1. The molecule has 1 aliphatic rings. The third kappa shape index (κ3) is 3.28. The van der Waals surface area contributed by atoms with Crippen molar-refractivity contribution in [3.8, 4) is 0 Å². The van der Waals surface area contributed by atoms with Gasteiger partial charge in [-0.25, -0.2) is 0 Å². The summed E-state index contributed by atoms with van der Waals surface area (Å²) < 4.78 is 39.4. The lowest BCUT2D eigenvalue weighted by Crippen LogP contribution is -2.54. The zero-order valence-corrected chi connectivity index (χ0v) is 10.9. The first-order valence-corrected chi connectivity index (χ1v) is 6.52. The molecule has 0 aliphatic carbocycles. The molecule has 0 amide bonds. The summed E-state index contributed by atoms with van der Waals surface area (Å²) in [6.45, 7) is 2.21. The van der Waals surface area contributed by atoms with Crippen LogP contribution >= 0.6 is 0 Å². The van der Waals surface area contributed by atoms with Crippen molar-refractivity contribution in [2.24, 2.45) is 5.73 Å². The van der Waals surface area contributed by atoms with E-state index >= 15 is 0 Å². The van der Waals surface area contributed by atoms with Gasteiger partial charge in [-0.2, -0.15) is 13.2 Å². The summed E-state index contributed by atoms with van der Waals surface area (Å²) in [5, 5.41) is 0. The molecule has 0 aromatic heterocycles. The topological polar surface area (TPSA) is 29.3 Å². The Kier molecular flexibility index (Phi) is 4.16. The average Bonchev–Trinajstić information content (AvgIpc) is 2.38. The second-order valence-electron chi connectivity index (χ2n) is 5.17. The fraction of sp³-hybridized carbons (Fsp3) is 0.571. The van der Waals surface area contributed by atoms with E-state index in [4.69, 9.17) is 5.73 Å². The Balaban J connectivity index is 2.21. The first-order chi connectivity index (χ1) is 8.89. The number of likely N-dealkylation sites (tertiary alicyclic amines) is 1. The monoisotopic (exact) mass is 272 g/mol. The van der Waals surface area contributed by atoms with E-state index in [0.717, 1.165) is 5.56 Å². The van der Waals surface area contributed by atoms with Crippen LogP contribution in [0.25, 0.3) is 0 Å². The van der Waals surface area contributed by atoms with Crippen molar-refractivity contribution in [1.82, 2.24) is 4.90 Å². The molecule has 1 aliphatic heterocycles. The molecule has 0 spiro atoms. The minimum atomic E-state index is -4.22. The molecule has 5 heteroatoms. The summed E-state index contributed by atoms with van der Waals surface area (Å²) in [5.74, 6) is 0. The molecule has 1 aromatic carbocycles. The van der Waals surface area contributed by atoms with Gasteiger partial charge in [-0.15, -0.1) is 0 Å². The van der Waals surface area contributed by atoms with Gasteiger partial charge in [0.15, 0.2) is 0 Å². The van der Waals surface area contributed by atoms with E-state index in [1.807, 2.05) is 37.3 Å². The highest BCUT2D eigenvalue weighted by molar-refractivity contribution is 5.19. The van der Waals surface area contributed by atoms with Crippen molar-refractivity contribution in [2.45, 2.75) is 44.1 Å². The largest absolute Gasteiger partial charge is 0.404 e. The van der Waals surface area contributed by atoms with Crippen LogP contribution in [0.2, 0.25) is 0 Å². The second-order valence-corrected chi connectivity index (χ2v) is 5.17. The minimum absolute atomic E-state index is 0.0132. The smallest absolute Gasteiger partial charge is 0.328 e. The molecule has 1 aromatic rings. The number of benzene rings is 1. The summed E-state index contributed by atoms with van der Waals surface area (Å²) in [6.07, 6.45) is -3.62. The van der Waals surface area contributed by atoms with Gasteiger partial charge in [-0.05, 0) is 25.3 Å². The lowest BCUT2D eigenvalue weighted by atomic mass is 9.94. The van der Waals surface area contributed by atoms with Crippen LogP contribution in [0.15, 0.2) is 30.3 Å². The molecule has 0 saturated carbocycles. The van der Waals surface area contributed by atoms with E-state index in [0.29, 0.717) is 13.0 Å². The number of halogens is 3. The van der Waals surface area contributed by atoms with E-state index < -0.39 is 12.2 Å². The first-order valence-electron chi connectivity index (χ1n) is 6.52. The molecule has 3 atom stereocenters. The van der Waals surface area contributed by atoms with Crippen molar-refractivity contribution in [3.05, 3.63) is 35.9 Å². The average molecular weight is 272 g/mol. The second kappa shape index (κ2) is 5.51. The predicted molar refractivity (Wildman–Crippen MR) is 68.6 cm³/mol. The molecule has 1 saturated heterocycles. The molecule has 0 bridgehead atoms. The molecule has 1 heterocycles. The van der Waals surface area contributed by atoms with Crippen molar-refractivity contribution >= 4 is 0 Å². The molecular weight excluding hydrogens is 253 g/mol. The Labute approximate surface area is 111 Å². The summed E-state index contributed by atoms with van der Waals surface area (Å²) in [6, 6.07) is 7.26. The summed E-state index contributed by atoms with van der Waals surface area (Å²) in [5.41, 5.74) is 6.61. The maximum atomic E-state index is 13.1. The molecule has 1 fully saturated rings. The van der Waals surface area contributed by atoms with Crippen LogP contribution in [-0.4, -0.2) is 29.7 Å². The SMILES string of the molecule is CC(c1ccccc1)N1CCC(N)CC1C(F)(F)F. The number of hydrogen-bond donors (Lipinski definition) is 1. The molecule has 106 valence electrons. The maximum Gasteiger partial charge on any atom is 0.404 e. The molecule has 2 N–H and O–H groups in total. The quantitative estimate of drug-likeness (QED) is 0.896. The number of piperidine rings is 1. The fourth-order valence-electron chi connectivity index (χ4n) is 2.72. The third-order valence-electron chi connectivity index (χ3n) is 3.84. The van der Waals surface area contributed by atoms with Gasteiger partial charge in [0.05, 0.1) is 0 Å². The zero-order valence-electron chi connectivity index (χ0n) is 10.9. The highest BCUT2D eigenvalue weighted by atomic mass is 19.4. The molecule has 19 heavy (non-hydrogen) atoms. The Morgan fingerprint density at radius 3 is 2.47 bits per heavy atom. The van der Waals surface area contributed by atoms with Gasteiger partial charge < -0.3 is 5.73 Å². The van der Waals surface area contributed by atoms with E-state index in [9.17, 15) is 13.2 Å². The number of rotatable bonds is 2. The van der Waals surface area contributed by atoms with Crippen LogP contribution in [-0.2, 0) is 0 Å². The predicted octanol–water partition coefficient (Wildman–Crippen LogP) is 3.10.